The van der Waals surface area contributed by atoms with Gasteiger partial charge in [0.2, 0.25) is 5.95 Å². The van der Waals surface area contributed by atoms with Crippen molar-refractivity contribution in [2.24, 2.45) is 14.1 Å². The van der Waals surface area contributed by atoms with E-state index in [0.717, 1.165) is 48.2 Å². The number of aryl methyl sites for hydroxylation is 3. The molecule has 4 aromatic rings. The van der Waals surface area contributed by atoms with E-state index in [1.165, 1.54) is 4.57 Å². The van der Waals surface area contributed by atoms with Crippen molar-refractivity contribution in [1.29, 1.82) is 0 Å². The van der Waals surface area contributed by atoms with Crippen molar-refractivity contribution >= 4 is 22.8 Å². The summed E-state index contributed by atoms with van der Waals surface area (Å²) in [5, 5.41) is 7.40. The molecule has 0 saturated heterocycles. The second-order valence-corrected chi connectivity index (χ2v) is 8.29. The van der Waals surface area contributed by atoms with Crippen LogP contribution < -0.4 is 16.4 Å². The van der Waals surface area contributed by atoms with E-state index in [0.29, 0.717) is 17.1 Å². The molecule has 1 N–H and O–H groups in total. The Morgan fingerprint density at radius 2 is 1.81 bits per heavy atom. The van der Waals surface area contributed by atoms with Crippen molar-refractivity contribution in [3.63, 3.8) is 0 Å². The summed E-state index contributed by atoms with van der Waals surface area (Å²) in [5.74, 6) is 0.348. The molecule has 164 valence electrons. The molecule has 4 heterocycles. The Labute approximate surface area is 183 Å². The van der Waals surface area contributed by atoms with Crippen LogP contribution in [0.4, 0.5) is 11.6 Å². The minimum Gasteiger partial charge on any atom is -0.323 e. The van der Waals surface area contributed by atoms with Crippen LogP contribution in [0.25, 0.3) is 22.4 Å². The Morgan fingerprint density at radius 1 is 1.03 bits per heavy atom. The fourth-order valence-corrected chi connectivity index (χ4v) is 4.31. The van der Waals surface area contributed by atoms with Crippen molar-refractivity contribution in [2.75, 3.05) is 5.32 Å². The zero-order valence-electron chi connectivity index (χ0n) is 18.2. The van der Waals surface area contributed by atoms with Crippen molar-refractivity contribution in [3.8, 4) is 11.3 Å². The first kappa shape index (κ1) is 20.1. The van der Waals surface area contributed by atoms with Crippen LogP contribution in [-0.2, 0) is 14.1 Å². The van der Waals surface area contributed by atoms with Gasteiger partial charge in [0.15, 0.2) is 5.65 Å². The van der Waals surface area contributed by atoms with Gasteiger partial charge in [-0.2, -0.15) is 10.1 Å². The largest absolute Gasteiger partial charge is 0.323 e. The Bertz CT molecular complexity index is 1440. The monoisotopic (exact) mass is 432 g/mol. The van der Waals surface area contributed by atoms with Crippen LogP contribution >= 0.6 is 0 Å². The van der Waals surface area contributed by atoms with Gasteiger partial charge >= 0.3 is 11.1 Å². The minimum atomic E-state index is -0.556. The smallest absolute Gasteiger partial charge is 0.318 e. The Balaban J connectivity index is 1.55. The molecule has 0 aromatic carbocycles. The molecule has 0 radical (unpaired) electrons. The van der Waals surface area contributed by atoms with Crippen molar-refractivity contribution < 1.29 is 0 Å². The predicted molar refractivity (Wildman–Crippen MR) is 121 cm³/mol. The molecule has 0 atom stereocenters. The molecule has 32 heavy (non-hydrogen) atoms. The maximum atomic E-state index is 12.8. The van der Waals surface area contributed by atoms with Crippen LogP contribution in [0.3, 0.4) is 0 Å². The quantitative estimate of drug-likeness (QED) is 0.493. The second-order valence-electron chi connectivity index (χ2n) is 8.29. The van der Waals surface area contributed by atoms with Gasteiger partial charge < -0.3 is 9.88 Å². The average molecular weight is 432 g/mol. The lowest BCUT2D eigenvalue weighted by atomic mass is 10.1. The molecule has 0 spiro atoms. The molecule has 10 nitrogen and oxygen atoms in total. The van der Waals surface area contributed by atoms with Gasteiger partial charge in [0, 0.05) is 31.9 Å². The molecule has 0 aliphatic heterocycles. The molecule has 0 bridgehead atoms. The number of nitrogens with zero attached hydrogens (tertiary/aromatic N) is 7. The van der Waals surface area contributed by atoms with Gasteiger partial charge in [-0.3, -0.25) is 23.8 Å². The fraction of sp³-hybridized carbons (Fsp3) is 0.364. The number of anilines is 2. The van der Waals surface area contributed by atoms with E-state index >= 15 is 0 Å². The Hall–Kier alpha value is -3.82. The van der Waals surface area contributed by atoms with Gasteiger partial charge in [-0.05, 0) is 31.4 Å². The van der Waals surface area contributed by atoms with Crippen molar-refractivity contribution in [2.45, 2.75) is 38.6 Å². The van der Waals surface area contributed by atoms with Crippen molar-refractivity contribution in [1.82, 2.24) is 33.9 Å². The number of pyridine rings is 1. The van der Waals surface area contributed by atoms with Gasteiger partial charge in [-0.15, -0.1) is 0 Å². The Kier molecular flexibility index (Phi) is 4.84. The van der Waals surface area contributed by atoms with E-state index in [1.54, 1.807) is 34.9 Å². The molecule has 10 heteroatoms. The first-order valence-corrected chi connectivity index (χ1v) is 10.6. The van der Waals surface area contributed by atoms with Gasteiger partial charge in [-0.1, -0.05) is 12.8 Å². The van der Waals surface area contributed by atoms with Gasteiger partial charge in [-0.25, -0.2) is 4.98 Å². The first-order chi connectivity index (χ1) is 15.4. The molecule has 1 aliphatic rings. The summed E-state index contributed by atoms with van der Waals surface area (Å²) < 4.78 is 4.62. The number of hydrogen-bond donors (Lipinski definition) is 1. The number of aromatic nitrogens is 7. The molecule has 0 amide bonds. The van der Waals surface area contributed by atoms with E-state index in [2.05, 4.69) is 25.4 Å². The third kappa shape index (κ3) is 3.37. The zero-order chi connectivity index (χ0) is 22.4. The highest BCUT2D eigenvalue weighted by molar-refractivity contribution is 5.73. The number of nitrogens with one attached hydrogen (secondary N) is 1. The van der Waals surface area contributed by atoms with E-state index < -0.39 is 11.1 Å². The number of hydrogen-bond acceptors (Lipinski definition) is 7. The summed E-state index contributed by atoms with van der Waals surface area (Å²) in [7, 11) is 3.44. The lowest BCUT2D eigenvalue weighted by Crippen LogP contribution is -2.42. The van der Waals surface area contributed by atoms with Crippen LogP contribution in [0.15, 0.2) is 40.4 Å². The highest BCUT2D eigenvalue weighted by Crippen LogP contribution is 2.30. The van der Waals surface area contributed by atoms with E-state index in [-0.39, 0.29) is 6.04 Å². The van der Waals surface area contributed by atoms with Crippen LogP contribution in [-0.4, -0.2) is 33.9 Å². The van der Waals surface area contributed by atoms with E-state index in [9.17, 15) is 9.59 Å². The highest BCUT2D eigenvalue weighted by Gasteiger charge is 2.23. The standard InChI is InChI=1S/C22H24N8O2/c1-13-8-16(14-9-25-28(2)12-14)23-10-17(13)26-22-24-11-18-19(27-22)30(15-6-4-5-7-15)21(32)20(31)29(18)3/h8-12,15H,4-7H2,1-3H3,(H,24,26,27). The zero-order valence-corrected chi connectivity index (χ0v) is 18.2. The lowest BCUT2D eigenvalue weighted by Gasteiger charge is -2.17. The van der Waals surface area contributed by atoms with Gasteiger partial charge in [0.25, 0.3) is 0 Å². The molecule has 4 aromatic heterocycles. The predicted octanol–water partition coefficient (Wildman–Crippen LogP) is 2.45. The lowest BCUT2D eigenvalue weighted by molar-refractivity contribution is 0.507. The number of fused-ring (bicyclic) bond motifs is 1. The third-order valence-corrected chi connectivity index (χ3v) is 6.09. The summed E-state index contributed by atoms with van der Waals surface area (Å²) in [6, 6.07) is 1.96. The van der Waals surface area contributed by atoms with Crippen LogP contribution in [0.1, 0.15) is 37.3 Å². The molecule has 5 rings (SSSR count). The topological polar surface area (TPSA) is 113 Å². The molecule has 1 saturated carbocycles. The Morgan fingerprint density at radius 3 is 2.50 bits per heavy atom. The van der Waals surface area contributed by atoms with Gasteiger partial charge in [0.1, 0.15) is 5.52 Å². The van der Waals surface area contributed by atoms with Gasteiger partial charge in [0.05, 0.1) is 30.0 Å². The molecular formula is C22H24N8O2. The van der Waals surface area contributed by atoms with Crippen LogP contribution in [0, 0.1) is 6.92 Å². The SMILES string of the molecule is Cc1cc(-c2cnn(C)c2)ncc1Nc1ncc2c(n1)n(C1CCCC1)c(=O)c(=O)n2C. The highest BCUT2D eigenvalue weighted by atomic mass is 16.2. The maximum Gasteiger partial charge on any atom is 0.318 e. The van der Waals surface area contributed by atoms with E-state index in [1.807, 2.05) is 26.2 Å². The summed E-state index contributed by atoms with van der Waals surface area (Å²) in [6.07, 6.45) is 10.8. The minimum absolute atomic E-state index is 0.0104. The van der Waals surface area contributed by atoms with Crippen LogP contribution in [0.2, 0.25) is 0 Å². The van der Waals surface area contributed by atoms with Crippen molar-refractivity contribution in [3.05, 3.63) is 57.1 Å². The third-order valence-electron chi connectivity index (χ3n) is 6.09. The molecule has 0 unspecified atom stereocenters. The summed E-state index contributed by atoms with van der Waals surface area (Å²) >= 11 is 0. The molecular weight excluding hydrogens is 408 g/mol. The normalized spacial score (nSPS) is 14.3. The average Bonchev–Trinajstić information content (AvgIpc) is 3.46. The van der Waals surface area contributed by atoms with Crippen LogP contribution in [0.5, 0.6) is 0 Å². The summed E-state index contributed by atoms with van der Waals surface area (Å²) in [4.78, 5) is 38.9. The summed E-state index contributed by atoms with van der Waals surface area (Å²) in [5.41, 5.74) is 3.41. The second kappa shape index (κ2) is 7.70. The molecule has 1 fully saturated rings. The van der Waals surface area contributed by atoms with E-state index in [4.69, 9.17) is 0 Å². The maximum absolute atomic E-state index is 12.8. The fourth-order valence-electron chi connectivity index (χ4n) is 4.31. The first-order valence-electron chi connectivity index (χ1n) is 10.6. The summed E-state index contributed by atoms with van der Waals surface area (Å²) in [6.45, 7) is 1.98. The molecule has 1 aliphatic carbocycles. The number of rotatable bonds is 4.